The number of nitrogens with zero attached hydrogens (tertiary/aromatic N) is 6. The van der Waals surface area contributed by atoms with E-state index in [0.717, 1.165) is 25.2 Å². The Morgan fingerprint density at radius 3 is 2.18 bits per heavy atom. The molecule has 1 fully saturated rings. The first kappa shape index (κ1) is 26.2. The third kappa shape index (κ3) is 6.19. The van der Waals surface area contributed by atoms with Crippen molar-refractivity contribution in [1.29, 1.82) is 0 Å². The third-order valence-electron chi connectivity index (χ3n) is 6.68. The second-order valence-corrected chi connectivity index (χ2v) is 8.85. The van der Waals surface area contributed by atoms with Gasteiger partial charge in [0.2, 0.25) is 0 Å². The molecule has 2 aromatic carbocycles. The first-order valence-corrected chi connectivity index (χ1v) is 11.7. The minimum Gasteiger partial charge on any atom is -0.347 e. The van der Waals surface area contributed by atoms with Crippen molar-refractivity contribution in [3.05, 3.63) is 78.5 Å². The summed E-state index contributed by atoms with van der Waals surface area (Å²) in [7, 11) is 0. The maximum atomic E-state index is 3.94. The van der Waals surface area contributed by atoms with Crippen molar-refractivity contribution in [2.75, 3.05) is 39.3 Å². The topological polar surface area (TPSA) is 42.1 Å². The second kappa shape index (κ2) is 12.4. The zero-order chi connectivity index (χ0) is 21.8. The first-order valence-electron chi connectivity index (χ1n) is 11.7. The summed E-state index contributed by atoms with van der Waals surface area (Å²) in [5, 5.41) is 9.20. The van der Waals surface area contributed by atoms with Gasteiger partial charge < -0.3 is 14.4 Å². The van der Waals surface area contributed by atoms with E-state index >= 15 is 0 Å². The number of aromatic nitrogens is 4. The van der Waals surface area contributed by atoms with E-state index in [9.17, 15) is 0 Å². The molecule has 1 saturated heterocycles. The van der Waals surface area contributed by atoms with Crippen LogP contribution in [0.15, 0.2) is 67.4 Å². The molecule has 0 amide bonds. The Hall–Kier alpha value is -2.38. The summed E-state index contributed by atoms with van der Waals surface area (Å²) in [4.78, 5) is 5.24. The Morgan fingerprint density at radius 1 is 0.794 bits per heavy atom. The molecule has 8 heteroatoms. The molecule has 2 aromatic heterocycles. The number of hydrogen-bond acceptors (Lipinski definition) is 4. The summed E-state index contributed by atoms with van der Waals surface area (Å²) in [5.41, 5.74) is 5.17. The van der Waals surface area contributed by atoms with Crippen molar-refractivity contribution in [1.82, 2.24) is 29.1 Å². The summed E-state index contributed by atoms with van der Waals surface area (Å²) in [6.07, 6.45) is 8.12. The highest BCUT2D eigenvalue weighted by Gasteiger charge is 2.16. The van der Waals surface area contributed by atoms with Crippen LogP contribution in [0.4, 0.5) is 0 Å². The Balaban J connectivity index is 0.00000162. The normalized spacial score (nSPS) is 14.6. The van der Waals surface area contributed by atoms with Crippen LogP contribution in [0.25, 0.3) is 16.6 Å². The van der Waals surface area contributed by atoms with Gasteiger partial charge in [-0.05, 0) is 49.6 Å². The largest absolute Gasteiger partial charge is 0.347 e. The summed E-state index contributed by atoms with van der Waals surface area (Å²) in [5.74, 6) is 0. The number of hydrogen-bond donors (Lipinski definition) is 0. The van der Waals surface area contributed by atoms with Crippen LogP contribution in [0.3, 0.4) is 0 Å². The van der Waals surface area contributed by atoms with Crippen LogP contribution in [0.5, 0.6) is 0 Å². The molecule has 0 bridgehead atoms. The quantitative estimate of drug-likeness (QED) is 0.353. The fourth-order valence-electron chi connectivity index (χ4n) is 4.78. The molecule has 0 radical (unpaired) electrons. The number of fused-ring (bicyclic) bond motifs is 1. The Labute approximate surface area is 214 Å². The van der Waals surface area contributed by atoms with Crippen LogP contribution in [0.1, 0.15) is 17.5 Å². The van der Waals surface area contributed by atoms with Crippen molar-refractivity contribution in [2.24, 2.45) is 0 Å². The average molecular weight is 502 g/mol. The molecule has 182 valence electrons. The first-order chi connectivity index (χ1) is 15.8. The maximum Gasteiger partial charge on any atom is 0.123 e. The highest BCUT2D eigenvalue weighted by atomic mass is 35.5. The fraction of sp³-hybridized carbons (Fsp3) is 0.385. The molecular weight excluding hydrogens is 467 g/mol. The van der Waals surface area contributed by atoms with E-state index in [4.69, 9.17) is 0 Å². The summed E-state index contributed by atoms with van der Waals surface area (Å²) < 4.78 is 4.37. The minimum absolute atomic E-state index is 0. The molecular formula is C26H34Cl2N6. The van der Waals surface area contributed by atoms with Gasteiger partial charge in [-0.2, -0.15) is 0 Å². The minimum atomic E-state index is 0. The number of aryl methyl sites for hydroxylation is 2. The standard InChI is InChI=1S/C26H32N6.2ClH/c1-22-19-31(26-18-24(8-9-25(22)26)32-20-27-28-21-32)12-5-11-29-14-16-30(17-15-29)13-10-23-6-3-2-4-7-23;;/h2-4,6-9,18-21H,5,10-17H2,1H3;2*1H. The number of halogens is 2. The third-order valence-corrected chi connectivity index (χ3v) is 6.68. The van der Waals surface area contributed by atoms with Crippen LogP contribution >= 0.6 is 24.8 Å². The zero-order valence-corrected chi connectivity index (χ0v) is 21.3. The fourth-order valence-corrected chi connectivity index (χ4v) is 4.78. The van der Waals surface area contributed by atoms with Crippen LogP contribution in [-0.2, 0) is 13.0 Å². The van der Waals surface area contributed by atoms with E-state index in [0.29, 0.717) is 0 Å². The van der Waals surface area contributed by atoms with E-state index in [1.54, 1.807) is 12.7 Å². The molecule has 3 heterocycles. The zero-order valence-electron chi connectivity index (χ0n) is 19.7. The Kier molecular flexibility index (Phi) is 9.54. The van der Waals surface area contributed by atoms with E-state index in [2.05, 4.69) is 86.2 Å². The van der Waals surface area contributed by atoms with Gasteiger partial charge in [0.25, 0.3) is 0 Å². The molecule has 0 spiro atoms. The average Bonchev–Trinajstić information content (AvgIpc) is 3.48. The molecule has 0 unspecified atom stereocenters. The van der Waals surface area contributed by atoms with Crippen molar-refractivity contribution < 1.29 is 0 Å². The summed E-state index contributed by atoms with van der Waals surface area (Å²) >= 11 is 0. The maximum absolute atomic E-state index is 3.94. The van der Waals surface area contributed by atoms with E-state index in [1.807, 2.05) is 4.57 Å². The summed E-state index contributed by atoms with van der Waals surface area (Å²) in [6, 6.07) is 17.4. The lowest BCUT2D eigenvalue weighted by molar-refractivity contribution is 0.131. The van der Waals surface area contributed by atoms with Gasteiger partial charge in [0.15, 0.2) is 0 Å². The van der Waals surface area contributed by atoms with Gasteiger partial charge in [-0.3, -0.25) is 4.57 Å². The van der Waals surface area contributed by atoms with Gasteiger partial charge in [-0.25, -0.2) is 0 Å². The van der Waals surface area contributed by atoms with Crippen molar-refractivity contribution in [3.63, 3.8) is 0 Å². The molecule has 0 atom stereocenters. The molecule has 1 aliphatic rings. The van der Waals surface area contributed by atoms with Gasteiger partial charge >= 0.3 is 0 Å². The van der Waals surface area contributed by atoms with Gasteiger partial charge in [0.05, 0.1) is 11.2 Å². The van der Waals surface area contributed by atoms with Crippen molar-refractivity contribution in [2.45, 2.75) is 26.3 Å². The van der Waals surface area contributed by atoms with Crippen LogP contribution in [0, 0.1) is 6.92 Å². The molecule has 6 nitrogen and oxygen atoms in total. The Morgan fingerprint density at radius 2 is 1.47 bits per heavy atom. The predicted octanol–water partition coefficient (Wildman–Crippen LogP) is 4.62. The van der Waals surface area contributed by atoms with Gasteiger partial charge in [0, 0.05) is 50.9 Å². The molecule has 34 heavy (non-hydrogen) atoms. The molecule has 0 N–H and O–H groups in total. The summed E-state index contributed by atoms with van der Waals surface area (Å²) in [6.45, 7) is 10.3. The molecule has 0 aliphatic carbocycles. The van der Waals surface area contributed by atoms with E-state index in [1.165, 1.54) is 61.2 Å². The molecule has 1 aliphatic heterocycles. The van der Waals surface area contributed by atoms with Gasteiger partial charge in [-0.15, -0.1) is 35.0 Å². The van der Waals surface area contributed by atoms with Crippen molar-refractivity contribution in [3.8, 4) is 5.69 Å². The monoisotopic (exact) mass is 500 g/mol. The highest BCUT2D eigenvalue weighted by Crippen LogP contribution is 2.24. The predicted molar refractivity (Wildman–Crippen MR) is 144 cm³/mol. The SMILES string of the molecule is Cc1cn(CCCN2CCN(CCc3ccccc3)CC2)c2cc(-n3cnnc3)ccc12.Cl.Cl. The lowest BCUT2D eigenvalue weighted by Gasteiger charge is -2.34. The van der Waals surface area contributed by atoms with Crippen LogP contribution < -0.4 is 0 Å². The number of benzene rings is 2. The smallest absolute Gasteiger partial charge is 0.123 e. The Bertz CT molecular complexity index is 1140. The van der Waals surface area contributed by atoms with E-state index in [-0.39, 0.29) is 24.8 Å². The number of piperazine rings is 1. The molecule has 4 aromatic rings. The molecule has 5 rings (SSSR count). The second-order valence-electron chi connectivity index (χ2n) is 8.85. The van der Waals surface area contributed by atoms with Gasteiger partial charge in [-0.1, -0.05) is 36.4 Å². The lowest BCUT2D eigenvalue weighted by atomic mass is 10.1. The van der Waals surface area contributed by atoms with Crippen LogP contribution in [-0.4, -0.2) is 68.4 Å². The molecule has 0 saturated carbocycles. The highest BCUT2D eigenvalue weighted by molar-refractivity contribution is 5.86. The van der Waals surface area contributed by atoms with E-state index < -0.39 is 0 Å². The lowest BCUT2D eigenvalue weighted by Crippen LogP contribution is -2.47. The van der Waals surface area contributed by atoms with Gasteiger partial charge in [0.1, 0.15) is 12.7 Å². The number of rotatable bonds is 8. The van der Waals surface area contributed by atoms with Crippen molar-refractivity contribution >= 4 is 35.7 Å². The van der Waals surface area contributed by atoms with Crippen LogP contribution in [0.2, 0.25) is 0 Å².